The van der Waals surface area contributed by atoms with Crippen molar-refractivity contribution in [3.05, 3.63) is 22.8 Å². The number of halogens is 1. The topological polar surface area (TPSA) is 71.2 Å². The summed E-state index contributed by atoms with van der Waals surface area (Å²) in [7, 11) is 0. The highest BCUT2D eigenvalue weighted by atomic mass is 35.5. The van der Waals surface area contributed by atoms with Crippen LogP contribution < -0.4 is 11.3 Å². The predicted octanol–water partition coefficient (Wildman–Crippen LogP) is 1.14. The summed E-state index contributed by atoms with van der Waals surface area (Å²) in [5.41, 5.74) is 3.13. The van der Waals surface area contributed by atoms with Gasteiger partial charge in [-0.2, -0.15) is 0 Å². The average Bonchev–Trinajstić information content (AvgIpc) is 2.68. The second kappa shape index (κ2) is 4.67. The van der Waals surface area contributed by atoms with Gasteiger partial charge in [0.2, 0.25) is 5.91 Å². The number of aromatic nitrogens is 1. The van der Waals surface area contributed by atoms with E-state index in [0.717, 1.165) is 13.0 Å². The van der Waals surface area contributed by atoms with Gasteiger partial charge in [-0.1, -0.05) is 11.6 Å². The lowest BCUT2D eigenvalue weighted by atomic mass is 10.3. The fourth-order valence-corrected chi connectivity index (χ4v) is 1.89. The Hall–Kier alpha value is -1.33. The second-order valence-electron chi connectivity index (χ2n) is 3.69. The highest BCUT2D eigenvalue weighted by Crippen LogP contribution is 2.20. The van der Waals surface area contributed by atoms with Gasteiger partial charge in [0.05, 0.1) is 17.3 Å². The number of nitrogens with two attached hydrogens (primary N) is 1. The summed E-state index contributed by atoms with van der Waals surface area (Å²) in [5.74, 6) is 5.97. The Labute approximate surface area is 98.6 Å². The van der Waals surface area contributed by atoms with Gasteiger partial charge < -0.3 is 10.3 Å². The summed E-state index contributed by atoms with van der Waals surface area (Å²) in [5, 5.41) is 0.554. The van der Waals surface area contributed by atoms with E-state index < -0.39 is 0 Å². The normalized spacial score (nSPS) is 15.6. The van der Waals surface area contributed by atoms with Crippen molar-refractivity contribution in [2.75, 3.05) is 12.0 Å². The van der Waals surface area contributed by atoms with Gasteiger partial charge >= 0.3 is 0 Å². The maximum atomic E-state index is 11.5. The number of pyridine rings is 1. The van der Waals surface area contributed by atoms with Crippen LogP contribution in [-0.4, -0.2) is 22.3 Å². The minimum absolute atomic E-state index is 0.156. The standard InChI is InChI=1S/C10H13ClN4O/c11-7-3-4-9(14-12)13-8(7)6-15-5-1-2-10(15)16/h3-4H,1-2,5-6,12H2,(H,13,14). The number of nitrogens with one attached hydrogen (secondary N) is 1. The number of nitrogens with zero attached hydrogens (tertiary/aromatic N) is 2. The van der Waals surface area contributed by atoms with Crippen molar-refractivity contribution in [3.8, 4) is 0 Å². The van der Waals surface area contributed by atoms with Gasteiger partial charge in [-0.15, -0.1) is 0 Å². The van der Waals surface area contributed by atoms with Gasteiger partial charge in [0, 0.05) is 13.0 Å². The van der Waals surface area contributed by atoms with E-state index in [4.69, 9.17) is 17.4 Å². The molecule has 0 saturated carbocycles. The molecule has 86 valence electrons. The number of rotatable bonds is 3. The van der Waals surface area contributed by atoms with Crippen molar-refractivity contribution in [3.63, 3.8) is 0 Å². The zero-order chi connectivity index (χ0) is 11.5. The van der Waals surface area contributed by atoms with Crippen molar-refractivity contribution in [1.82, 2.24) is 9.88 Å². The van der Waals surface area contributed by atoms with E-state index in [2.05, 4.69) is 10.4 Å². The zero-order valence-electron chi connectivity index (χ0n) is 8.74. The van der Waals surface area contributed by atoms with Gasteiger partial charge in [0.25, 0.3) is 0 Å². The molecule has 0 spiro atoms. The molecule has 2 heterocycles. The summed E-state index contributed by atoms with van der Waals surface area (Å²) >= 11 is 6.01. The lowest BCUT2D eigenvalue weighted by Gasteiger charge is -2.16. The Morgan fingerprint density at radius 3 is 3.00 bits per heavy atom. The summed E-state index contributed by atoms with van der Waals surface area (Å²) in [6.07, 6.45) is 1.53. The molecule has 1 aromatic heterocycles. The van der Waals surface area contributed by atoms with Crippen LogP contribution in [0.15, 0.2) is 12.1 Å². The number of hydrogen-bond acceptors (Lipinski definition) is 4. The third-order valence-electron chi connectivity index (χ3n) is 2.58. The summed E-state index contributed by atoms with van der Waals surface area (Å²) in [6.45, 7) is 1.23. The SMILES string of the molecule is NNc1ccc(Cl)c(CN2CCCC2=O)n1. The van der Waals surface area contributed by atoms with Crippen molar-refractivity contribution in [2.24, 2.45) is 5.84 Å². The van der Waals surface area contributed by atoms with Crippen LogP contribution in [0.4, 0.5) is 5.82 Å². The number of amides is 1. The van der Waals surface area contributed by atoms with Crippen LogP contribution >= 0.6 is 11.6 Å². The number of carbonyl (C=O) groups excluding carboxylic acids is 1. The summed E-state index contributed by atoms with van der Waals surface area (Å²) < 4.78 is 0. The number of anilines is 1. The van der Waals surface area contributed by atoms with E-state index in [1.54, 1.807) is 17.0 Å². The molecule has 1 aliphatic heterocycles. The van der Waals surface area contributed by atoms with Crippen LogP contribution in [-0.2, 0) is 11.3 Å². The molecule has 0 radical (unpaired) electrons. The molecule has 0 bridgehead atoms. The van der Waals surface area contributed by atoms with Crippen LogP contribution in [0.5, 0.6) is 0 Å². The van der Waals surface area contributed by atoms with Gasteiger partial charge in [-0.25, -0.2) is 10.8 Å². The lowest BCUT2D eigenvalue weighted by molar-refractivity contribution is -0.128. The zero-order valence-corrected chi connectivity index (χ0v) is 9.50. The molecule has 6 heteroatoms. The Balaban J connectivity index is 2.16. The number of hydrogen-bond donors (Lipinski definition) is 2. The van der Waals surface area contributed by atoms with E-state index in [-0.39, 0.29) is 5.91 Å². The monoisotopic (exact) mass is 240 g/mol. The quantitative estimate of drug-likeness (QED) is 0.614. The first-order valence-corrected chi connectivity index (χ1v) is 5.48. The molecular weight excluding hydrogens is 228 g/mol. The van der Waals surface area contributed by atoms with Crippen LogP contribution in [0, 0.1) is 0 Å². The predicted molar refractivity (Wildman–Crippen MR) is 61.7 cm³/mol. The van der Waals surface area contributed by atoms with Crippen LogP contribution in [0.2, 0.25) is 5.02 Å². The molecule has 0 atom stereocenters. The minimum atomic E-state index is 0.156. The fraction of sp³-hybridized carbons (Fsp3) is 0.400. The van der Waals surface area contributed by atoms with Crippen molar-refractivity contribution < 1.29 is 4.79 Å². The van der Waals surface area contributed by atoms with Crippen molar-refractivity contribution in [2.45, 2.75) is 19.4 Å². The van der Waals surface area contributed by atoms with E-state index in [1.165, 1.54) is 0 Å². The smallest absolute Gasteiger partial charge is 0.222 e. The molecule has 16 heavy (non-hydrogen) atoms. The van der Waals surface area contributed by atoms with Gasteiger partial charge in [0.15, 0.2) is 0 Å². The van der Waals surface area contributed by atoms with E-state index in [1.807, 2.05) is 0 Å². The maximum absolute atomic E-state index is 11.5. The molecular formula is C10H13ClN4O. The summed E-state index contributed by atoms with van der Waals surface area (Å²) in [6, 6.07) is 3.41. The average molecular weight is 241 g/mol. The number of likely N-dealkylation sites (tertiary alicyclic amines) is 1. The number of carbonyl (C=O) groups is 1. The van der Waals surface area contributed by atoms with Gasteiger partial charge in [-0.05, 0) is 18.6 Å². The molecule has 1 aliphatic rings. The molecule has 0 aliphatic carbocycles. The molecule has 0 aromatic carbocycles. The molecule has 5 nitrogen and oxygen atoms in total. The van der Waals surface area contributed by atoms with Crippen molar-refractivity contribution in [1.29, 1.82) is 0 Å². The minimum Gasteiger partial charge on any atom is -0.337 e. The number of hydrazine groups is 1. The molecule has 1 amide bonds. The number of nitrogen functional groups attached to an aromatic ring is 1. The first-order chi connectivity index (χ1) is 7.70. The van der Waals surface area contributed by atoms with E-state index in [9.17, 15) is 4.79 Å². The highest BCUT2D eigenvalue weighted by molar-refractivity contribution is 6.31. The third-order valence-corrected chi connectivity index (χ3v) is 2.92. The van der Waals surface area contributed by atoms with Gasteiger partial charge in [0.1, 0.15) is 5.82 Å². The molecule has 1 aromatic rings. The molecule has 3 N–H and O–H groups in total. The van der Waals surface area contributed by atoms with E-state index >= 15 is 0 Å². The van der Waals surface area contributed by atoms with Gasteiger partial charge in [-0.3, -0.25) is 4.79 Å². The highest BCUT2D eigenvalue weighted by Gasteiger charge is 2.21. The largest absolute Gasteiger partial charge is 0.337 e. The molecule has 1 saturated heterocycles. The summed E-state index contributed by atoms with van der Waals surface area (Å²) in [4.78, 5) is 17.4. The Morgan fingerprint density at radius 1 is 1.56 bits per heavy atom. The molecule has 1 fully saturated rings. The van der Waals surface area contributed by atoms with E-state index in [0.29, 0.717) is 29.5 Å². The van der Waals surface area contributed by atoms with Crippen molar-refractivity contribution >= 4 is 23.3 Å². The van der Waals surface area contributed by atoms with Crippen LogP contribution in [0.3, 0.4) is 0 Å². The fourth-order valence-electron chi connectivity index (χ4n) is 1.73. The molecule has 0 unspecified atom stereocenters. The van der Waals surface area contributed by atoms with Crippen LogP contribution in [0.1, 0.15) is 18.5 Å². The first kappa shape index (κ1) is 11.2. The maximum Gasteiger partial charge on any atom is 0.222 e. The Morgan fingerprint density at radius 2 is 2.38 bits per heavy atom. The lowest BCUT2D eigenvalue weighted by Crippen LogP contribution is -2.24. The molecule has 2 rings (SSSR count). The Bertz CT molecular complexity index is 410. The third kappa shape index (κ3) is 2.25. The first-order valence-electron chi connectivity index (χ1n) is 5.10. The second-order valence-corrected chi connectivity index (χ2v) is 4.10. The Kier molecular flexibility index (Phi) is 3.26. The van der Waals surface area contributed by atoms with Crippen LogP contribution in [0.25, 0.3) is 0 Å².